The van der Waals surface area contributed by atoms with Crippen molar-refractivity contribution in [2.45, 2.75) is 19.1 Å². The number of hydrogen-bond donors (Lipinski definition) is 2. The molecule has 6 heteroatoms. The average molecular weight is 316 g/mol. The monoisotopic (exact) mass is 316 g/mol. The predicted octanol–water partition coefficient (Wildman–Crippen LogP) is 2.62. The van der Waals surface area contributed by atoms with Gasteiger partial charge >= 0.3 is 6.09 Å². The fourth-order valence-corrected chi connectivity index (χ4v) is 2.58. The summed E-state index contributed by atoms with van der Waals surface area (Å²) >= 11 is 0. The van der Waals surface area contributed by atoms with Crippen LogP contribution in [0.1, 0.15) is 30.4 Å². The van der Waals surface area contributed by atoms with Crippen molar-refractivity contribution in [2.24, 2.45) is 0 Å². The highest BCUT2D eigenvalue weighted by atomic mass is 16.6. The summed E-state index contributed by atoms with van der Waals surface area (Å²) in [4.78, 5) is 13.3. The molecule has 0 aliphatic carbocycles. The molecule has 2 N–H and O–H groups in total. The molecule has 0 radical (unpaired) electrons. The lowest BCUT2D eigenvalue weighted by Crippen LogP contribution is -2.26. The minimum Gasteiger partial charge on any atom is -0.467 e. The number of hydrogen-bond acceptors (Lipinski definition) is 5. The number of nitrogens with one attached hydrogen (secondary N) is 1. The van der Waals surface area contributed by atoms with Gasteiger partial charge in [0.15, 0.2) is 0 Å². The van der Waals surface area contributed by atoms with Crippen molar-refractivity contribution in [1.29, 1.82) is 0 Å². The topological polar surface area (TPSA) is 74.9 Å². The summed E-state index contributed by atoms with van der Waals surface area (Å²) < 4.78 is 10.2. The number of ether oxygens (including phenoxy) is 1. The van der Waals surface area contributed by atoms with Crippen LogP contribution >= 0.6 is 0 Å². The largest absolute Gasteiger partial charge is 0.467 e. The highest BCUT2D eigenvalue weighted by Crippen LogP contribution is 2.23. The second-order valence-corrected chi connectivity index (χ2v) is 5.52. The van der Waals surface area contributed by atoms with Crippen molar-refractivity contribution in [3.63, 3.8) is 0 Å². The standard InChI is InChI=1S/C17H20N2O4/c1-12(18-11-15(20)16-6-3-8-22-16)13-4-2-5-14(10-13)19-7-9-23-17(19)21/h2-6,8,10,12,15,18,20H,7,9,11H2,1H3. The first-order valence-corrected chi connectivity index (χ1v) is 7.64. The molecule has 0 saturated carbocycles. The van der Waals surface area contributed by atoms with Crippen LogP contribution in [0.15, 0.2) is 47.1 Å². The summed E-state index contributed by atoms with van der Waals surface area (Å²) in [6.45, 7) is 3.38. The van der Waals surface area contributed by atoms with E-state index < -0.39 is 6.10 Å². The van der Waals surface area contributed by atoms with Crippen molar-refractivity contribution < 1.29 is 19.1 Å². The SMILES string of the molecule is CC(NCC(O)c1ccco1)c1cccc(N2CCOC2=O)c1. The number of benzene rings is 1. The summed E-state index contributed by atoms with van der Waals surface area (Å²) in [5.41, 5.74) is 1.86. The van der Waals surface area contributed by atoms with Gasteiger partial charge in [-0.3, -0.25) is 4.90 Å². The summed E-state index contributed by atoms with van der Waals surface area (Å²) in [6, 6.07) is 11.3. The molecule has 1 saturated heterocycles. The molecule has 1 aliphatic heterocycles. The Morgan fingerprint density at radius 2 is 2.22 bits per heavy atom. The van der Waals surface area contributed by atoms with Gasteiger partial charge in [0.2, 0.25) is 0 Å². The van der Waals surface area contributed by atoms with E-state index in [1.807, 2.05) is 31.2 Å². The highest BCUT2D eigenvalue weighted by Gasteiger charge is 2.24. The fourth-order valence-electron chi connectivity index (χ4n) is 2.58. The first kappa shape index (κ1) is 15.6. The average Bonchev–Trinajstić information content (AvgIpc) is 3.24. The van der Waals surface area contributed by atoms with Crippen molar-refractivity contribution in [2.75, 3.05) is 24.6 Å². The number of aliphatic hydroxyl groups is 1. The van der Waals surface area contributed by atoms with Crippen molar-refractivity contribution in [1.82, 2.24) is 5.32 Å². The lowest BCUT2D eigenvalue weighted by molar-refractivity contribution is 0.144. The van der Waals surface area contributed by atoms with Crippen LogP contribution in [0.4, 0.5) is 10.5 Å². The van der Waals surface area contributed by atoms with Gasteiger partial charge in [-0.15, -0.1) is 0 Å². The Kier molecular flexibility index (Phi) is 4.64. The highest BCUT2D eigenvalue weighted by molar-refractivity contribution is 5.89. The summed E-state index contributed by atoms with van der Waals surface area (Å²) in [5.74, 6) is 0.540. The Bertz CT molecular complexity index is 656. The summed E-state index contributed by atoms with van der Waals surface area (Å²) in [6.07, 6.45) is 0.542. The van der Waals surface area contributed by atoms with Crippen molar-refractivity contribution in [3.05, 3.63) is 54.0 Å². The minimum absolute atomic E-state index is 0.0261. The molecule has 23 heavy (non-hydrogen) atoms. The quantitative estimate of drug-likeness (QED) is 0.857. The number of carbonyl (C=O) groups excluding carboxylic acids is 1. The van der Waals surface area contributed by atoms with E-state index in [9.17, 15) is 9.90 Å². The number of rotatable bonds is 6. The van der Waals surface area contributed by atoms with Gasteiger partial charge in [-0.1, -0.05) is 12.1 Å². The van der Waals surface area contributed by atoms with Crippen LogP contribution in [-0.4, -0.2) is 30.9 Å². The van der Waals surface area contributed by atoms with Gasteiger partial charge in [0.05, 0.1) is 12.8 Å². The first-order chi connectivity index (χ1) is 11.1. The molecule has 2 aromatic rings. The Labute approximate surface area is 134 Å². The van der Waals surface area contributed by atoms with Gasteiger partial charge < -0.3 is 19.6 Å². The van der Waals surface area contributed by atoms with Gasteiger partial charge in [-0.25, -0.2) is 4.79 Å². The summed E-state index contributed by atoms with van der Waals surface area (Å²) in [7, 11) is 0. The van der Waals surface area contributed by atoms with Gasteiger partial charge in [0.1, 0.15) is 18.5 Å². The zero-order valence-electron chi connectivity index (χ0n) is 12.9. The molecule has 2 atom stereocenters. The second kappa shape index (κ2) is 6.85. The van der Waals surface area contributed by atoms with Crippen molar-refractivity contribution >= 4 is 11.8 Å². The zero-order chi connectivity index (χ0) is 16.2. The van der Waals surface area contributed by atoms with E-state index >= 15 is 0 Å². The second-order valence-electron chi connectivity index (χ2n) is 5.52. The Morgan fingerprint density at radius 1 is 1.35 bits per heavy atom. The molecule has 0 spiro atoms. The third kappa shape index (κ3) is 3.55. The van der Waals surface area contributed by atoms with Crippen molar-refractivity contribution in [3.8, 4) is 0 Å². The normalized spacial score (nSPS) is 17.1. The van der Waals surface area contributed by atoms with Crippen LogP contribution in [0.3, 0.4) is 0 Å². The van der Waals surface area contributed by atoms with Crippen LogP contribution in [0.5, 0.6) is 0 Å². The number of furan rings is 1. The number of amides is 1. The molecule has 0 bridgehead atoms. The number of aliphatic hydroxyl groups excluding tert-OH is 1. The molecule has 1 aromatic carbocycles. The predicted molar refractivity (Wildman–Crippen MR) is 85.2 cm³/mol. The Morgan fingerprint density at radius 3 is 2.91 bits per heavy atom. The molecule has 3 rings (SSSR count). The van der Waals surface area contributed by atoms with E-state index in [4.69, 9.17) is 9.15 Å². The first-order valence-electron chi connectivity index (χ1n) is 7.64. The molecule has 122 valence electrons. The molecular formula is C17H20N2O4. The maximum Gasteiger partial charge on any atom is 0.414 e. The maximum absolute atomic E-state index is 11.6. The van der Waals surface area contributed by atoms with Gasteiger partial charge in [0, 0.05) is 18.3 Å². The zero-order valence-corrected chi connectivity index (χ0v) is 12.9. The lowest BCUT2D eigenvalue weighted by atomic mass is 10.1. The number of cyclic esters (lactones) is 1. The van der Waals surface area contributed by atoms with E-state index in [-0.39, 0.29) is 12.1 Å². The van der Waals surface area contributed by atoms with Crippen LogP contribution in [-0.2, 0) is 4.74 Å². The van der Waals surface area contributed by atoms with E-state index in [2.05, 4.69) is 5.32 Å². The van der Waals surface area contributed by atoms with Crippen LogP contribution in [0, 0.1) is 0 Å². The molecule has 2 heterocycles. The van der Waals surface area contributed by atoms with Gasteiger partial charge in [0.25, 0.3) is 0 Å². The van der Waals surface area contributed by atoms with Gasteiger partial charge in [-0.2, -0.15) is 0 Å². The van der Waals surface area contributed by atoms with E-state index in [1.54, 1.807) is 23.3 Å². The molecule has 1 amide bonds. The lowest BCUT2D eigenvalue weighted by Gasteiger charge is -2.19. The van der Waals surface area contributed by atoms with E-state index in [0.717, 1.165) is 11.3 Å². The van der Waals surface area contributed by atoms with E-state index in [0.29, 0.717) is 25.5 Å². The van der Waals surface area contributed by atoms with Crippen LogP contribution in [0.2, 0.25) is 0 Å². The van der Waals surface area contributed by atoms with Crippen LogP contribution < -0.4 is 10.2 Å². The molecular weight excluding hydrogens is 296 g/mol. The Hall–Kier alpha value is -2.31. The molecule has 1 fully saturated rings. The van der Waals surface area contributed by atoms with E-state index in [1.165, 1.54) is 0 Å². The molecule has 1 aromatic heterocycles. The molecule has 6 nitrogen and oxygen atoms in total. The van der Waals surface area contributed by atoms with Crippen LogP contribution in [0.25, 0.3) is 0 Å². The third-order valence-electron chi connectivity index (χ3n) is 3.93. The Balaban J connectivity index is 1.63. The number of nitrogens with zero attached hydrogens (tertiary/aromatic N) is 1. The summed E-state index contributed by atoms with van der Waals surface area (Å²) in [5, 5.41) is 13.3. The molecule has 1 aliphatic rings. The number of carbonyl (C=O) groups is 1. The molecule has 2 unspecified atom stereocenters. The number of anilines is 1. The fraction of sp³-hybridized carbons (Fsp3) is 0.353. The third-order valence-corrected chi connectivity index (χ3v) is 3.93. The van der Waals surface area contributed by atoms with Gasteiger partial charge in [-0.05, 0) is 36.8 Å². The smallest absolute Gasteiger partial charge is 0.414 e. The maximum atomic E-state index is 11.6. The minimum atomic E-state index is -0.691.